The highest BCUT2D eigenvalue weighted by atomic mass is 16.5. The molecule has 0 amide bonds. The van der Waals surface area contributed by atoms with Gasteiger partial charge in [0.25, 0.3) is 0 Å². The number of ether oxygens (including phenoxy) is 1. The number of benzene rings is 1. The highest BCUT2D eigenvalue weighted by Gasteiger charge is 2.47. The second-order valence-electron chi connectivity index (χ2n) is 5.46. The van der Waals surface area contributed by atoms with Crippen molar-refractivity contribution in [1.29, 1.82) is 0 Å². The average Bonchev–Trinajstić information content (AvgIpc) is 2.29. The Morgan fingerprint density at radius 1 is 1.41 bits per heavy atom. The fourth-order valence-electron chi connectivity index (χ4n) is 2.97. The maximum Gasteiger partial charge on any atom is 0.119 e. The predicted molar refractivity (Wildman–Crippen MR) is 71.6 cm³/mol. The van der Waals surface area contributed by atoms with E-state index in [0.717, 1.165) is 12.4 Å². The zero-order chi connectivity index (χ0) is 12.5. The van der Waals surface area contributed by atoms with Crippen LogP contribution >= 0.6 is 0 Å². The van der Waals surface area contributed by atoms with Crippen LogP contribution in [0.4, 0.5) is 0 Å². The Hall–Kier alpha value is -1.02. The predicted octanol–water partition coefficient (Wildman–Crippen LogP) is 3.19. The van der Waals surface area contributed by atoms with Crippen molar-refractivity contribution in [1.82, 2.24) is 5.32 Å². The molecule has 2 rings (SSSR count). The molecule has 0 bridgehead atoms. The van der Waals surface area contributed by atoms with Crippen molar-refractivity contribution in [2.24, 2.45) is 5.41 Å². The van der Waals surface area contributed by atoms with Crippen molar-refractivity contribution in [3.63, 3.8) is 0 Å². The van der Waals surface area contributed by atoms with Crippen LogP contribution in [0.15, 0.2) is 24.3 Å². The fraction of sp³-hybridized carbons (Fsp3) is 0.600. The number of hydrogen-bond acceptors (Lipinski definition) is 2. The minimum absolute atomic E-state index is 0.333. The average molecular weight is 233 g/mol. The summed E-state index contributed by atoms with van der Waals surface area (Å²) < 4.78 is 5.57. The smallest absolute Gasteiger partial charge is 0.119 e. The van der Waals surface area contributed by atoms with Crippen LogP contribution in [0, 0.1) is 5.41 Å². The van der Waals surface area contributed by atoms with Crippen molar-refractivity contribution >= 4 is 0 Å². The molecule has 94 valence electrons. The molecular formula is C15H23NO. The molecule has 1 aromatic rings. The summed E-state index contributed by atoms with van der Waals surface area (Å²) in [6.45, 7) is 7.44. The summed E-state index contributed by atoms with van der Waals surface area (Å²) in [7, 11) is 2.05. The summed E-state index contributed by atoms with van der Waals surface area (Å²) in [6, 6.07) is 9.18. The van der Waals surface area contributed by atoms with Crippen molar-refractivity contribution in [3.8, 4) is 5.75 Å². The minimum atomic E-state index is 0.333. The van der Waals surface area contributed by atoms with Crippen LogP contribution in [-0.4, -0.2) is 19.7 Å². The van der Waals surface area contributed by atoms with Gasteiger partial charge in [-0.3, -0.25) is 0 Å². The molecule has 0 heterocycles. The van der Waals surface area contributed by atoms with Crippen LogP contribution in [0.2, 0.25) is 0 Å². The van der Waals surface area contributed by atoms with E-state index in [1.165, 1.54) is 12.0 Å². The molecule has 1 N–H and O–H groups in total. The zero-order valence-electron chi connectivity index (χ0n) is 11.3. The second kappa shape index (κ2) is 4.69. The molecular weight excluding hydrogens is 210 g/mol. The lowest BCUT2D eigenvalue weighted by molar-refractivity contribution is 0.0750. The Labute approximate surface area is 104 Å². The molecule has 0 aromatic heterocycles. The Balaban J connectivity index is 2.16. The molecule has 0 aliphatic heterocycles. The molecule has 17 heavy (non-hydrogen) atoms. The molecule has 0 radical (unpaired) electrons. The van der Waals surface area contributed by atoms with Crippen molar-refractivity contribution in [2.45, 2.75) is 39.2 Å². The summed E-state index contributed by atoms with van der Waals surface area (Å²) >= 11 is 0. The first-order valence-corrected chi connectivity index (χ1v) is 6.49. The van der Waals surface area contributed by atoms with Gasteiger partial charge < -0.3 is 10.1 Å². The molecule has 1 aromatic carbocycles. The highest BCUT2D eigenvalue weighted by Crippen LogP contribution is 2.52. The van der Waals surface area contributed by atoms with Gasteiger partial charge in [-0.1, -0.05) is 26.0 Å². The second-order valence-corrected chi connectivity index (χ2v) is 5.46. The SMILES string of the molecule is CCOc1cccc(C2CC(NC)C2(C)C)c1. The summed E-state index contributed by atoms with van der Waals surface area (Å²) in [6.07, 6.45) is 1.22. The first kappa shape index (κ1) is 12.4. The molecule has 0 spiro atoms. The third-order valence-corrected chi connectivity index (χ3v) is 4.19. The molecule has 2 nitrogen and oxygen atoms in total. The Kier molecular flexibility index (Phi) is 3.43. The van der Waals surface area contributed by atoms with E-state index in [1.54, 1.807) is 0 Å². The topological polar surface area (TPSA) is 21.3 Å². The number of hydrogen-bond donors (Lipinski definition) is 1. The van der Waals surface area contributed by atoms with E-state index in [0.29, 0.717) is 17.4 Å². The number of rotatable bonds is 4. The lowest BCUT2D eigenvalue weighted by Gasteiger charge is -2.52. The Morgan fingerprint density at radius 2 is 2.18 bits per heavy atom. The van der Waals surface area contributed by atoms with E-state index in [2.05, 4.69) is 44.4 Å². The minimum Gasteiger partial charge on any atom is -0.494 e. The summed E-state index contributed by atoms with van der Waals surface area (Å²) in [4.78, 5) is 0. The first-order valence-electron chi connectivity index (χ1n) is 6.49. The van der Waals surface area contributed by atoms with Crippen LogP contribution < -0.4 is 10.1 Å². The third-order valence-electron chi connectivity index (χ3n) is 4.19. The van der Waals surface area contributed by atoms with Crippen molar-refractivity contribution in [3.05, 3.63) is 29.8 Å². The molecule has 1 aliphatic carbocycles. The van der Waals surface area contributed by atoms with E-state index in [-0.39, 0.29) is 0 Å². The standard InChI is InChI=1S/C15H23NO/c1-5-17-12-8-6-7-11(9-12)13-10-14(16-4)15(13,2)3/h6-9,13-14,16H,5,10H2,1-4H3. The normalized spacial score (nSPS) is 26.4. The molecule has 1 saturated carbocycles. The van der Waals surface area contributed by atoms with Crippen LogP contribution in [0.3, 0.4) is 0 Å². The molecule has 1 aliphatic rings. The van der Waals surface area contributed by atoms with Gasteiger partial charge in [-0.15, -0.1) is 0 Å². The lowest BCUT2D eigenvalue weighted by Crippen LogP contribution is -2.54. The van der Waals surface area contributed by atoms with E-state index in [9.17, 15) is 0 Å². The van der Waals surface area contributed by atoms with Crippen LogP contribution in [0.5, 0.6) is 5.75 Å². The monoisotopic (exact) mass is 233 g/mol. The van der Waals surface area contributed by atoms with Gasteiger partial charge in [0.15, 0.2) is 0 Å². The molecule has 2 unspecified atom stereocenters. The molecule has 0 saturated heterocycles. The fourth-order valence-corrected chi connectivity index (χ4v) is 2.97. The van der Waals surface area contributed by atoms with Gasteiger partial charge in [-0.25, -0.2) is 0 Å². The van der Waals surface area contributed by atoms with E-state index >= 15 is 0 Å². The largest absolute Gasteiger partial charge is 0.494 e. The maximum atomic E-state index is 5.57. The van der Waals surface area contributed by atoms with Crippen molar-refractivity contribution in [2.75, 3.05) is 13.7 Å². The van der Waals surface area contributed by atoms with Gasteiger partial charge in [0.2, 0.25) is 0 Å². The van der Waals surface area contributed by atoms with Gasteiger partial charge in [0.1, 0.15) is 5.75 Å². The van der Waals surface area contributed by atoms with Gasteiger partial charge in [-0.05, 0) is 49.4 Å². The Morgan fingerprint density at radius 3 is 2.76 bits per heavy atom. The number of nitrogens with one attached hydrogen (secondary N) is 1. The van der Waals surface area contributed by atoms with Gasteiger partial charge in [0.05, 0.1) is 6.61 Å². The summed E-state index contributed by atoms with van der Waals surface area (Å²) in [5.74, 6) is 1.63. The van der Waals surface area contributed by atoms with E-state index < -0.39 is 0 Å². The van der Waals surface area contributed by atoms with Gasteiger partial charge in [-0.2, -0.15) is 0 Å². The molecule has 2 heteroatoms. The van der Waals surface area contributed by atoms with E-state index in [1.807, 2.05) is 13.0 Å². The quantitative estimate of drug-likeness (QED) is 0.862. The van der Waals surface area contributed by atoms with Crippen LogP contribution in [0.25, 0.3) is 0 Å². The zero-order valence-corrected chi connectivity index (χ0v) is 11.3. The highest BCUT2D eigenvalue weighted by molar-refractivity contribution is 5.34. The molecule has 1 fully saturated rings. The maximum absolute atomic E-state index is 5.57. The summed E-state index contributed by atoms with van der Waals surface area (Å²) in [5.41, 5.74) is 1.74. The summed E-state index contributed by atoms with van der Waals surface area (Å²) in [5, 5.41) is 3.40. The van der Waals surface area contributed by atoms with Crippen molar-refractivity contribution < 1.29 is 4.74 Å². The van der Waals surface area contributed by atoms with Crippen LogP contribution in [0.1, 0.15) is 38.7 Å². The first-order chi connectivity index (χ1) is 8.09. The Bertz CT molecular complexity index is 386. The van der Waals surface area contributed by atoms with E-state index in [4.69, 9.17) is 4.74 Å². The van der Waals surface area contributed by atoms with Gasteiger partial charge in [0, 0.05) is 6.04 Å². The third kappa shape index (κ3) is 2.19. The lowest BCUT2D eigenvalue weighted by atomic mass is 9.56. The molecule has 2 atom stereocenters. The van der Waals surface area contributed by atoms with Gasteiger partial charge >= 0.3 is 0 Å². The van der Waals surface area contributed by atoms with Crippen LogP contribution in [-0.2, 0) is 0 Å².